The quantitative estimate of drug-likeness (QED) is 0.762. The van der Waals surface area contributed by atoms with Gasteiger partial charge in [0.2, 0.25) is 11.8 Å². The van der Waals surface area contributed by atoms with Crippen LogP contribution in [0.2, 0.25) is 0 Å². The van der Waals surface area contributed by atoms with E-state index >= 15 is 0 Å². The van der Waals surface area contributed by atoms with Crippen molar-refractivity contribution in [3.8, 4) is 11.1 Å². The lowest BCUT2D eigenvalue weighted by molar-refractivity contribution is -0.125. The highest BCUT2D eigenvalue weighted by atomic mass is 19.1. The molecule has 130 valence electrons. The number of amides is 2. The molecule has 0 bridgehead atoms. The zero-order valence-corrected chi connectivity index (χ0v) is 13.6. The van der Waals surface area contributed by atoms with Crippen LogP contribution in [0.3, 0.4) is 0 Å². The predicted molar refractivity (Wildman–Crippen MR) is 95.0 cm³/mol. The van der Waals surface area contributed by atoms with Crippen LogP contribution >= 0.6 is 0 Å². The summed E-state index contributed by atoms with van der Waals surface area (Å²) in [7, 11) is 0. The monoisotopic (exact) mass is 350 g/mol. The van der Waals surface area contributed by atoms with Gasteiger partial charge in [-0.1, -0.05) is 30.3 Å². The molecule has 0 fully saturated rings. The lowest BCUT2D eigenvalue weighted by atomic mass is 10.1. The summed E-state index contributed by atoms with van der Waals surface area (Å²) in [5.74, 6) is -0.529. The molecule has 2 aromatic carbocycles. The van der Waals surface area contributed by atoms with E-state index in [4.69, 9.17) is 0 Å². The number of benzene rings is 2. The van der Waals surface area contributed by atoms with Crippen LogP contribution in [0.5, 0.6) is 0 Å². The molecule has 26 heavy (non-hydrogen) atoms. The number of rotatable bonds is 3. The minimum atomic E-state index is -0.777. The van der Waals surface area contributed by atoms with Crippen molar-refractivity contribution in [3.05, 3.63) is 66.6 Å². The number of nitrogens with zero attached hydrogens (tertiary/aromatic N) is 2. The molecule has 1 aromatic heterocycles. The third kappa shape index (κ3) is 2.95. The van der Waals surface area contributed by atoms with Gasteiger partial charge in [-0.05, 0) is 29.8 Å². The van der Waals surface area contributed by atoms with E-state index in [2.05, 4.69) is 15.7 Å². The van der Waals surface area contributed by atoms with Crippen molar-refractivity contribution in [2.45, 2.75) is 12.5 Å². The van der Waals surface area contributed by atoms with Crippen LogP contribution in [-0.2, 0) is 9.59 Å². The van der Waals surface area contributed by atoms with E-state index in [-0.39, 0.29) is 24.1 Å². The van der Waals surface area contributed by atoms with E-state index in [1.54, 1.807) is 6.20 Å². The van der Waals surface area contributed by atoms with Crippen molar-refractivity contribution in [2.24, 2.45) is 0 Å². The zero-order valence-electron chi connectivity index (χ0n) is 13.6. The Morgan fingerprint density at radius 2 is 1.88 bits per heavy atom. The number of nitrogens with one attached hydrogen (secondary N) is 2. The molecule has 0 aliphatic carbocycles. The number of carbonyl (C=O) groups excluding carboxylic acids is 2. The molecule has 4 rings (SSSR count). The smallest absolute Gasteiger partial charge is 0.249 e. The van der Waals surface area contributed by atoms with Gasteiger partial charge in [0, 0.05) is 11.3 Å². The lowest BCUT2D eigenvalue weighted by Crippen LogP contribution is -2.35. The second kappa shape index (κ2) is 6.44. The second-order valence-electron chi connectivity index (χ2n) is 5.98. The zero-order chi connectivity index (χ0) is 18.1. The summed E-state index contributed by atoms with van der Waals surface area (Å²) >= 11 is 0. The second-order valence-corrected chi connectivity index (χ2v) is 5.98. The molecule has 2 amide bonds. The average Bonchev–Trinajstić information content (AvgIpc) is 3.07. The van der Waals surface area contributed by atoms with Crippen LogP contribution in [0.15, 0.2) is 60.8 Å². The summed E-state index contributed by atoms with van der Waals surface area (Å²) in [5.41, 5.74) is 2.10. The Morgan fingerprint density at radius 1 is 1.15 bits per heavy atom. The number of halogens is 1. The molecule has 0 spiro atoms. The molecular weight excluding hydrogens is 335 g/mol. The Kier molecular flexibility index (Phi) is 3.96. The summed E-state index contributed by atoms with van der Waals surface area (Å²) in [4.78, 5) is 24.8. The van der Waals surface area contributed by atoms with Gasteiger partial charge in [-0.25, -0.2) is 9.07 Å². The topological polar surface area (TPSA) is 76.0 Å². The van der Waals surface area contributed by atoms with E-state index in [0.717, 1.165) is 11.1 Å². The molecule has 3 aromatic rings. The van der Waals surface area contributed by atoms with E-state index in [9.17, 15) is 14.0 Å². The van der Waals surface area contributed by atoms with Gasteiger partial charge in [0.15, 0.2) is 0 Å². The molecule has 1 atom stereocenters. The van der Waals surface area contributed by atoms with Crippen molar-refractivity contribution in [2.75, 3.05) is 10.6 Å². The molecule has 2 heterocycles. The van der Waals surface area contributed by atoms with Gasteiger partial charge < -0.3 is 10.6 Å². The summed E-state index contributed by atoms with van der Waals surface area (Å²) in [6.45, 7) is 0. The fourth-order valence-electron chi connectivity index (χ4n) is 2.96. The number of carbonyl (C=O) groups is 2. The van der Waals surface area contributed by atoms with E-state index < -0.39 is 6.04 Å². The molecule has 0 radical (unpaired) electrons. The fraction of sp³-hybridized carbons (Fsp3) is 0.105. The van der Waals surface area contributed by atoms with Gasteiger partial charge in [0.05, 0.1) is 12.6 Å². The third-order valence-electron chi connectivity index (χ3n) is 4.23. The fourth-order valence-corrected chi connectivity index (χ4v) is 2.96. The van der Waals surface area contributed by atoms with Gasteiger partial charge in [0.1, 0.15) is 17.7 Å². The van der Waals surface area contributed by atoms with Gasteiger partial charge in [-0.15, -0.1) is 0 Å². The van der Waals surface area contributed by atoms with E-state index in [1.165, 1.54) is 28.9 Å². The Bertz CT molecular complexity index is 967. The number of hydrogen-bond donors (Lipinski definition) is 2. The van der Waals surface area contributed by atoms with Gasteiger partial charge >= 0.3 is 0 Å². The lowest BCUT2D eigenvalue weighted by Gasteiger charge is -2.24. The Balaban J connectivity index is 1.65. The normalized spacial score (nSPS) is 15.9. The van der Waals surface area contributed by atoms with Gasteiger partial charge in [-0.3, -0.25) is 9.59 Å². The van der Waals surface area contributed by atoms with Crippen molar-refractivity contribution in [1.82, 2.24) is 9.78 Å². The van der Waals surface area contributed by atoms with Crippen LogP contribution < -0.4 is 10.6 Å². The number of hydrogen-bond acceptors (Lipinski definition) is 3. The molecule has 0 saturated heterocycles. The van der Waals surface area contributed by atoms with Gasteiger partial charge in [-0.2, -0.15) is 5.10 Å². The number of aromatic nitrogens is 2. The Morgan fingerprint density at radius 3 is 2.62 bits per heavy atom. The van der Waals surface area contributed by atoms with Gasteiger partial charge in [0.25, 0.3) is 0 Å². The number of fused-ring (bicyclic) bond motifs is 1. The van der Waals surface area contributed by atoms with E-state index in [1.807, 2.05) is 30.3 Å². The molecule has 1 aliphatic heterocycles. The third-order valence-corrected chi connectivity index (χ3v) is 4.23. The van der Waals surface area contributed by atoms with Crippen LogP contribution in [0.25, 0.3) is 11.1 Å². The van der Waals surface area contributed by atoms with Crippen LogP contribution in [0, 0.1) is 5.82 Å². The van der Waals surface area contributed by atoms with Crippen molar-refractivity contribution in [1.29, 1.82) is 0 Å². The summed E-state index contributed by atoms with van der Waals surface area (Å²) in [5, 5.41) is 9.80. The molecule has 1 unspecified atom stereocenters. The van der Waals surface area contributed by atoms with Crippen LogP contribution in [0.4, 0.5) is 15.9 Å². The minimum Gasteiger partial charge on any atom is -0.324 e. The maximum atomic E-state index is 13.0. The maximum Gasteiger partial charge on any atom is 0.249 e. The van der Waals surface area contributed by atoms with Crippen LogP contribution in [-0.4, -0.2) is 21.6 Å². The summed E-state index contributed by atoms with van der Waals surface area (Å²) < 4.78 is 14.5. The first kappa shape index (κ1) is 16.0. The highest BCUT2D eigenvalue weighted by Crippen LogP contribution is 2.34. The molecule has 0 saturated carbocycles. The molecule has 1 aliphatic rings. The Hall–Kier alpha value is -3.48. The SMILES string of the molecule is O=C1CC(C(=O)Nc2ccc(F)cc2)n2ncc(-c3ccccc3)c2N1. The highest BCUT2D eigenvalue weighted by Gasteiger charge is 2.33. The standard InChI is InChI=1S/C19H15FN4O2/c20-13-6-8-14(9-7-13)22-19(26)16-10-17(25)23-18-15(11-21-24(16)18)12-4-2-1-3-5-12/h1-9,11,16H,10H2,(H,22,26)(H,23,25). The minimum absolute atomic E-state index is 0.0179. The highest BCUT2D eigenvalue weighted by molar-refractivity contribution is 6.03. The van der Waals surface area contributed by atoms with Crippen LogP contribution in [0.1, 0.15) is 12.5 Å². The number of anilines is 2. The Labute approximate surface area is 148 Å². The van der Waals surface area contributed by atoms with E-state index in [0.29, 0.717) is 11.5 Å². The summed E-state index contributed by atoms with van der Waals surface area (Å²) in [6.07, 6.45) is 1.62. The van der Waals surface area contributed by atoms with Crippen molar-refractivity contribution in [3.63, 3.8) is 0 Å². The first-order valence-electron chi connectivity index (χ1n) is 8.11. The first-order chi connectivity index (χ1) is 12.6. The van der Waals surface area contributed by atoms with Crippen molar-refractivity contribution >= 4 is 23.3 Å². The largest absolute Gasteiger partial charge is 0.324 e. The molecular formula is C19H15FN4O2. The first-order valence-corrected chi connectivity index (χ1v) is 8.11. The molecule has 2 N–H and O–H groups in total. The molecule has 7 heteroatoms. The predicted octanol–water partition coefficient (Wildman–Crippen LogP) is 3.21. The summed E-state index contributed by atoms with van der Waals surface area (Å²) in [6, 6.07) is 14.2. The molecule has 6 nitrogen and oxygen atoms in total. The maximum absolute atomic E-state index is 13.0. The van der Waals surface area contributed by atoms with Crippen molar-refractivity contribution < 1.29 is 14.0 Å². The average molecular weight is 350 g/mol.